The molecule has 13 unspecified atom stereocenters. The molecule has 8 heteroatoms. The maximum absolute atomic E-state index is 12.0. The molecular weight excluding hydrogens is 524 g/mol. The van der Waals surface area contributed by atoms with Gasteiger partial charge in [-0.25, -0.2) is 0 Å². The van der Waals surface area contributed by atoms with Crippen LogP contribution in [0.5, 0.6) is 0 Å². The van der Waals surface area contributed by atoms with Gasteiger partial charge in [-0.15, -0.1) is 0 Å². The highest BCUT2D eigenvalue weighted by Crippen LogP contribution is 2.71. The Balaban J connectivity index is 1.17. The van der Waals surface area contributed by atoms with Crippen LogP contribution in [0.1, 0.15) is 99.3 Å². The van der Waals surface area contributed by atoms with Gasteiger partial charge in [0, 0.05) is 39.0 Å². The van der Waals surface area contributed by atoms with Gasteiger partial charge < -0.3 is 23.7 Å². The van der Waals surface area contributed by atoms with E-state index in [4.69, 9.17) is 23.7 Å². The summed E-state index contributed by atoms with van der Waals surface area (Å²) >= 11 is 0. The Morgan fingerprint density at radius 2 is 1.56 bits per heavy atom. The quantitative estimate of drug-likeness (QED) is 0.323. The summed E-state index contributed by atoms with van der Waals surface area (Å²) in [6.45, 7) is 12.7. The lowest BCUT2D eigenvalue weighted by atomic mass is 9.44. The Hall–Kier alpha value is -1.67. The van der Waals surface area contributed by atoms with Gasteiger partial charge in [0.05, 0.1) is 19.3 Å². The van der Waals surface area contributed by atoms with E-state index >= 15 is 0 Å². The smallest absolute Gasteiger partial charge is 0.303 e. The van der Waals surface area contributed by atoms with Crippen LogP contribution in [0.4, 0.5) is 0 Å². The van der Waals surface area contributed by atoms with Crippen molar-refractivity contribution < 1.29 is 38.1 Å². The summed E-state index contributed by atoms with van der Waals surface area (Å²) in [5.74, 6) is 2.00. The van der Waals surface area contributed by atoms with Gasteiger partial charge in [-0.1, -0.05) is 20.8 Å². The van der Waals surface area contributed by atoms with E-state index in [0.29, 0.717) is 48.7 Å². The molecular formula is C33H50O8. The Labute approximate surface area is 244 Å². The fraction of sp³-hybridized carbons (Fsp3) is 0.909. The number of hydrogen-bond acceptors (Lipinski definition) is 8. The third kappa shape index (κ3) is 4.83. The lowest BCUT2D eigenvalue weighted by Gasteiger charge is -2.62. The van der Waals surface area contributed by atoms with Gasteiger partial charge in [-0.2, -0.15) is 0 Å². The fourth-order valence-corrected chi connectivity index (χ4v) is 11.2. The Kier molecular flexibility index (Phi) is 7.53. The van der Waals surface area contributed by atoms with Crippen LogP contribution in [0.3, 0.4) is 0 Å². The molecule has 8 nitrogen and oxygen atoms in total. The molecule has 230 valence electrons. The van der Waals surface area contributed by atoms with E-state index in [1.54, 1.807) is 0 Å². The SMILES string of the molecule is CC(=O)OCC1CCC2(OC1)OC1CC3C4CCC5CC(OC(C)=O)C(OC(C)=O)CC5(C)C4CCC3(C)C1C2C. The van der Waals surface area contributed by atoms with Crippen LogP contribution >= 0.6 is 0 Å². The average molecular weight is 575 g/mol. The standard InChI is InChI=1S/C33H50O8/c1-18-30-28(41-33(18)12-9-22(17-38-33)16-37-19(2)34)14-26-24-8-7-23-13-27(39-20(3)35)29(40-21(4)36)15-32(23,6)25(24)10-11-31(26,30)5/h18,22-30H,7-17H2,1-6H3. The minimum absolute atomic E-state index is 0.0653. The predicted octanol–water partition coefficient (Wildman–Crippen LogP) is 5.45. The summed E-state index contributed by atoms with van der Waals surface area (Å²) in [6.07, 6.45) is 8.69. The van der Waals surface area contributed by atoms with Crippen molar-refractivity contribution in [3.05, 3.63) is 0 Å². The summed E-state index contributed by atoms with van der Waals surface area (Å²) in [4.78, 5) is 35.2. The molecule has 2 saturated heterocycles. The highest BCUT2D eigenvalue weighted by molar-refractivity contribution is 5.67. The second kappa shape index (κ2) is 10.5. The van der Waals surface area contributed by atoms with Crippen molar-refractivity contribution in [3.8, 4) is 0 Å². The van der Waals surface area contributed by atoms with Crippen molar-refractivity contribution in [2.24, 2.45) is 52.3 Å². The number of rotatable bonds is 4. The molecule has 4 saturated carbocycles. The normalized spacial score (nSPS) is 50.2. The zero-order chi connectivity index (χ0) is 29.3. The summed E-state index contributed by atoms with van der Waals surface area (Å²) < 4.78 is 30.2. The van der Waals surface area contributed by atoms with E-state index in [0.717, 1.165) is 38.5 Å². The van der Waals surface area contributed by atoms with Gasteiger partial charge in [-0.3, -0.25) is 14.4 Å². The Morgan fingerprint density at radius 1 is 0.829 bits per heavy atom. The second-order valence-electron chi connectivity index (χ2n) is 15.0. The van der Waals surface area contributed by atoms with E-state index in [1.807, 2.05) is 0 Å². The summed E-state index contributed by atoms with van der Waals surface area (Å²) in [5.41, 5.74) is 0.288. The van der Waals surface area contributed by atoms with Crippen molar-refractivity contribution >= 4 is 17.9 Å². The summed E-state index contributed by atoms with van der Waals surface area (Å²) in [6, 6.07) is 0. The molecule has 0 aromatic carbocycles. The van der Waals surface area contributed by atoms with E-state index in [2.05, 4.69) is 20.8 Å². The van der Waals surface area contributed by atoms with Crippen molar-refractivity contribution in [2.45, 2.75) is 123 Å². The van der Waals surface area contributed by atoms with Gasteiger partial charge in [0.1, 0.15) is 12.2 Å². The molecule has 41 heavy (non-hydrogen) atoms. The van der Waals surface area contributed by atoms with Crippen LogP contribution < -0.4 is 0 Å². The third-order valence-corrected chi connectivity index (χ3v) is 12.9. The topological polar surface area (TPSA) is 97.4 Å². The number of fused-ring (bicyclic) bond motifs is 7. The maximum atomic E-state index is 12.0. The summed E-state index contributed by atoms with van der Waals surface area (Å²) in [7, 11) is 0. The van der Waals surface area contributed by atoms with E-state index in [1.165, 1.54) is 40.0 Å². The zero-order valence-corrected chi connectivity index (χ0v) is 25.8. The van der Waals surface area contributed by atoms with E-state index in [-0.39, 0.29) is 53.0 Å². The Bertz CT molecular complexity index is 1050. The van der Waals surface area contributed by atoms with Gasteiger partial charge in [0.15, 0.2) is 5.79 Å². The van der Waals surface area contributed by atoms with Crippen LogP contribution in [0.25, 0.3) is 0 Å². The second-order valence-corrected chi connectivity index (χ2v) is 15.0. The first-order valence-corrected chi connectivity index (χ1v) is 16.2. The molecule has 0 bridgehead atoms. The number of esters is 3. The highest BCUT2D eigenvalue weighted by atomic mass is 16.7. The Morgan fingerprint density at radius 3 is 2.22 bits per heavy atom. The molecule has 2 aliphatic heterocycles. The van der Waals surface area contributed by atoms with E-state index in [9.17, 15) is 14.4 Å². The monoisotopic (exact) mass is 574 g/mol. The first-order chi connectivity index (χ1) is 19.4. The number of carbonyl (C=O) groups is 3. The maximum Gasteiger partial charge on any atom is 0.303 e. The zero-order valence-electron chi connectivity index (χ0n) is 25.8. The molecule has 1 spiro atoms. The molecule has 0 aromatic rings. The number of ether oxygens (including phenoxy) is 5. The largest absolute Gasteiger partial charge is 0.465 e. The molecule has 2 heterocycles. The van der Waals surface area contributed by atoms with Crippen LogP contribution in [0.15, 0.2) is 0 Å². The lowest BCUT2D eigenvalue weighted by molar-refractivity contribution is -0.276. The van der Waals surface area contributed by atoms with Gasteiger partial charge in [-0.05, 0) is 91.8 Å². The van der Waals surface area contributed by atoms with Crippen LogP contribution in [-0.2, 0) is 38.1 Å². The number of carbonyl (C=O) groups excluding carboxylic acids is 3. The number of hydrogen-bond donors (Lipinski definition) is 0. The molecule has 13 atom stereocenters. The molecule has 4 aliphatic carbocycles. The van der Waals surface area contributed by atoms with Crippen molar-refractivity contribution in [1.29, 1.82) is 0 Å². The third-order valence-electron chi connectivity index (χ3n) is 12.9. The van der Waals surface area contributed by atoms with Gasteiger partial charge >= 0.3 is 17.9 Å². The van der Waals surface area contributed by atoms with Crippen molar-refractivity contribution in [2.75, 3.05) is 13.2 Å². The molecule has 0 amide bonds. The van der Waals surface area contributed by atoms with Gasteiger partial charge in [0.2, 0.25) is 0 Å². The van der Waals surface area contributed by atoms with Crippen LogP contribution in [0.2, 0.25) is 0 Å². The molecule has 0 radical (unpaired) electrons. The first kappa shape index (κ1) is 29.4. The fourth-order valence-electron chi connectivity index (χ4n) is 11.2. The van der Waals surface area contributed by atoms with E-state index < -0.39 is 5.79 Å². The predicted molar refractivity (Wildman–Crippen MR) is 149 cm³/mol. The first-order valence-electron chi connectivity index (χ1n) is 16.2. The molecule has 6 aliphatic rings. The molecule has 6 fully saturated rings. The minimum Gasteiger partial charge on any atom is -0.465 e. The lowest BCUT2D eigenvalue weighted by Crippen LogP contribution is -2.58. The molecule has 0 N–H and O–H groups in total. The van der Waals surface area contributed by atoms with Crippen molar-refractivity contribution in [1.82, 2.24) is 0 Å². The highest BCUT2D eigenvalue weighted by Gasteiger charge is 2.69. The molecule has 0 aromatic heterocycles. The van der Waals surface area contributed by atoms with Crippen molar-refractivity contribution in [3.63, 3.8) is 0 Å². The van der Waals surface area contributed by atoms with Crippen LogP contribution in [0, 0.1) is 52.3 Å². The minimum atomic E-state index is -0.511. The van der Waals surface area contributed by atoms with Gasteiger partial charge in [0.25, 0.3) is 0 Å². The van der Waals surface area contributed by atoms with Crippen LogP contribution in [-0.4, -0.2) is 55.2 Å². The average Bonchev–Trinajstić information content (AvgIpc) is 3.33. The molecule has 6 rings (SSSR count). The summed E-state index contributed by atoms with van der Waals surface area (Å²) in [5, 5.41) is 0.